The molecule has 0 radical (unpaired) electrons. The van der Waals surface area contributed by atoms with Crippen LogP contribution in [0.2, 0.25) is 0 Å². The van der Waals surface area contributed by atoms with Crippen molar-refractivity contribution in [2.75, 3.05) is 5.32 Å². The van der Waals surface area contributed by atoms with Crippen molar-refractivity contribution >= 4 is 45.2 Å². The summed E-state index contributed by atoms with van der Waals surface area (Å²) in [5, 5.41) is 6.90. The lowest BCUT2D eigenvalue weighted by atomic mass is 10.1. The maximum atomic E-state index is 12.1. The zero-order valence-corrected chi connectivity index (χ0v) is 17.1. The second kappa shape index (κ2) is 9.66. The molecule has 1 aromatic heterocycles. The van der Waals surface area contributed by atoms with Crippen molar-refractivity contribution in [1.82, 2.24) is 5.43 Å². The van der Waals surface area contributed by atoms with Gasteiger partial charge in [0.05, 0.1) is 5.71 Å². The van der Waals surface area contributed by atoms with Gasteiger partial charge in [0.15, 0.2) is 10.4 Å². The molecule has 1 heterocycles. The second-order valence-electron chi connectivity index (χ2n) is 6.06. The first-order valence-electron chi connectivity index (χ1n) is 8.76. The molecule has 146 valence electrons. The summed E-state index contributed by atoms with van der Waals surface area (Å²) in [6.07, 6.45) is 3.22. The van der Waals surface area contributed by atoms with Crippen LogP contribution >= 0.6 is 15.9 Å². The summed E-state index contributed by atoms with van der Waals surface area (Å²) in [5.41, 5.74) is 5.36. The third-order valence-corrected chi connectivity index (χ3v) is 4.32. The molecule has 0 fully saturated rings. The Hall–Kier alpha value is -3.45. The summed E-state index contributed by atoms with van der Waals surface area (Å²) in [6.45, 7) is 1.76. The highest BCUT2D eigenvalue weighted by atomic mass is 79.9. The molecule has 7 heteroatoms. The van der Waals surface area contributed by atoms with Gasteiger partial charge < -0.3 is 9.73 Å². The molecule has 3 rings (SSSR count). The summed E-state index contributed by atoms with van der Waals surface area (Å²) in [7, 11) is 0. The Morgan fingerprint density at radius 3 is 2.55 bits per heavy atom. The van der Waals surface area contributed by atoms with Crippen molar-refractivity contribution < 1.29 is 14.0 Å². The first kappa shape index (κ1) is 20.3. The largest absolute Gasteiger partial charge is 0.444 e. The molecule has 0 saturated heterocycles. The first-order chi connectivity index (χ1) is 14.0. The molecule has 0 saturated carbocycles. The highest BCUT2D eigenvalue weighted by Crippen LogP contribution is 2.14. The number of hydrogen-bond donors (Lipinski definition) is 2. The summed E-state index contributed by atoms with van der Waals surface area (Å²) in [4.78, 5) is 24.1. The number of hydrogen-bond acceptors (Lipinski definition) is 4. The van der Waals surface area contributed by atoms with Gasteiger partial charge in [-0.05, 0) is 64.3 Å². The van der Waals surface area contributed by atoms with E-state index in [1.165, 1.54) is 6.08 Å². The molecule has 0 bridgehead atoms. The van der Waals surface area contributed by atoms with Crippen molar-refractivity contribution in [3.8, 4) is 0 Å². The minimum atomic E-state index is -0.453. The molecule has 0 unspecified atom stereocenters. The first-order valence-corrected chi connectivity index (χ1v) is 9.55. The zero-order chi connectivity index (χ0) is 20.6. The lowest BCUT2D eigenvalue weighted by molar-refractivity contribution is -0.111. The maximum absolute atomic E-state index is 12.1. The van der Waals surface area contributed by atoms with Gasteiger partial charge in [0.1, 0.15) is 0 Å². The quantitative estimate of drug-likeness (QED) is 0.319. The van der Waals surface area contributed by atoms with Crippen LogP contribution in [0.3, 0.4) is 0 Å². The standard InChI is InChI=1S/C22H18BrN3O3/c1-15(25-26-22(28)19-11-12-20(23)29-19)17-8-5-9-18(14-17)24-21(27)13-10-16-6-3-2-4-7-16/h2-14H,1H3,(H,24,27)(H,26,28)/b13-10+,25-15-. The van der Waals surface area contributed by atoms with Crippen molar-refractivity contribution in [3.05, 3.63) is 94.4 Å². The molecule has 3 aromatic rings. The molecule has 0 aliphatic rings. The lowest BCUT2D eigenvalue weighted by Crippen LogP contribution is -2.18. The van der Waals surface area contributed by atoms with E-state index < -0.39 is 5.91 Å². The van der Waals surface area contributed by atoms with Gasteiger partial charge in [0.25, 0.3) is 0 Å². The summed E-state index contributed by atoms with van der Waals surface area (Å²) < 4.78 is 5.65. The lowest BCUT2D eigenvalue weighted by Gasteiger charge is -2.06. The van der Waals surface area contributed by atoms with E-state index in [2.05, 4.69) is 31.8 Å². The Bertz CT molecular complexity index is 1070. The Balaban J connectivity index is 1.63. The van der Waals surface area contributed by atoms with Crippen LogP contribution in [0.4, 0.5) is 5.69 Å². The zero-order valence-electron chi connectivity index (χ0n) is 15.6. The van der Waals surface area contributed by atoms with Crippen LogP contribution in [-0.4, -0.2) is 17.5 Å². The van der Waals surface area contributed by atoms with Gasteiger partial charge in [0, 0.05) is 11.8 Å². The molecular weight excluding hydrogens is 434 g/mol. The molecule has 2 amide bonds. The van der Waals surface area contributed by atoms with Crippen LogP contribution in [-0.2, 0) is 4.79 Å². The third-order valence-electron chi connectivity index (χ3n) is 3.90. The Kier molecular flexibility index (Phi) is 6.76. The average Bonchev–Trinajstić information content (AvgIpc) is 3.17. The van der Waals surface area contributed by atoms with Crippen LogP contribution < -0.4 is 10.7 Å². The number of carbonyl (C=O) groups excluding carboxylic acids is 2. The van der Waals surface area contributed by atoms with Crippen LogP contribution in [0.15, 0.2) is 87.0 Å². The van der Waals surface area contributed by atoms with Crippen LogP contribution in [0.1, 0.15) is 28.6 Å². The van der Waals surface area contributed by atoms with Gasteiger partial charge in [-0.1, -0.05) is 42.5 Å². The fraction of sp³-hybridized carbons (Fsp3) is 0.0455. The summed E-state index contributed by atoms with van der Waals surface area (Å²) in [6, 6.07) is 19.9. The number of rotatable bonds is 6. The number of carbonyl (C=O) groups is 2. The van der Waals surface area contributed by atoms with Crippen molar-refractivity contribution in [2.24, 2.45) is 5.10 Å². The third kappa shape index (κ3) is 6.02. The molecule has 0 aliphatic heterocycles. The SMILES string of the molecule is C/C(=N/NC(=O)c1ccc(Br)o1)c1cccc(NC(=O)/C=C/c2ccccc2)c1. The summed E-state index contributed by atoms with van der Waals surface area (Å²) in [5.74, 6) is -0.539. The van der Waals surface area contributed by atoms with Gasteiger partial charge in [-0.25, -0.2) is 5.43 Å². The number of halogens is 1. The average molecular weight is 452 g/mol. The van der Waals surface area contributed by atoms with E-state index in [9.17, 15) is 9.59 Å². The van der Waals surface area contributed by atoms with Crippen molar-refractivity contribution in [2.45, 2.75) is 6.92 Å². The number of anilines is 1. The number of hydrazone groups is 1. The number of benzene rings is 2. The Morgan fingerprint density at radius 1 is 1.03 bits per heavy atom. The van der Waals surface area contributed by atoms with E-state index >= 15 is 0 Å². The van der Waals surface area contributed by atoms with Crippen molar-refractivity contribution in [1.29, 1.82) is 0 Å². The predicted octanol–water partition coefficient (Wildman–Crippen LogP) is 4.85. The highest BCUT2D eigenvalue weighted by Gasteiger charge is 2.10. The summed E-state index contributed by atoms with van der Waals surface area (Å²) >= 11 is 3.15. The van der Waals surface area contributed by atoms with E-state index in [4.69, 9.17) is 4.42 Å². The van der Waals surface area contributed by atoms with E-state index in [1.54, 1.807) is 43.3 Å². The molecule has 29 heavy (non-hydrogen) atoms. The van der Waals surface area contributed by atoms with Gasteiger partial charge in [0.2, 0.25) is 5.91 Å². The molecule has 6 nitrogen and oxygen atoms in total. The topological polar surface area (TPSA) is 83.7 Å². The second-order valence-corrected chi connectivity index (χ2v) is 6.84. The Morgan fingerprint density at radius 2 is 1.83 bits per heavy atom. The highest BCUT2D eigenvalue weighted by molar-refractivity contribution is 9.10. The van der Waals surface area contributed by atoms with Gasteiger partial charge >= 0.3 is 5.91 Å². The van der Waals surface area contributed by atoms with Crippen LogP contribution in [0.5, 0.6) is 0 Å². The van der Waals surface area contributed by atoms with Crippen LogP contribution in [0.25, 0.3) is 6.08 Å². The number of nitrogens with one attached hydrogen (secondary N) is 2. The Labute approximate surface area is 176 Å². The molecule has 0 spiro atoms. The molecule has 2 aromatic carbocycles. The number of furan rings is 1. The number of amides is 2. The van der Waals surface area contributed by atoms with Gasteiger partial charge in [-0.2, -0.15) is 5.10 Å². The van der Waals surface area contributed by atoms with Gasteiger partial charge in [-0.15, -0.1) is 0 Å². The fourth-order valence-electron chi connectivity index (χ4n) is 2.43. The molecule has 0 aliphatic carbocycles. The number of nitrogens with zero attached hydrogens (tertiary/aromatic N) is 1. The monoisotopic (exact) mass is 451 g/mol. The van der Waals surface area contributed by atoms with E-state index in [-0.39, 0.29) is 11.7 Å². The predicted molar refractivity (Wildman–Crippen MR) is 117 cm³/mol. The minimum Gasteiger partial charge on any atom is -0.444 e. The fourth-order valence-corrected chi connectivity index (χ4v) is 2.74. The van der Waals surface area contributed by atoms with E-state index in [0.717, 1.165) is 11.1 Å². The van der Waals surface area contributed by atoms with Crippen LogP contribution in [0, 0.1) is 0 Å². The molecular formula is C22H18BrN3O3. The minimum absolute atomic E-state index is 0.152. The van der Waals surface area contributed by atoms with Crippen molar-refractivity contribution in [3.63, 3.8) is 0 Å². The van der Waals surface area contributed by atoms with Gasteiger partial charge in [-0.3, -0.25) is 9.59 Å². The van der Waals surface area contributed by atoms with E-state index in [1.807, 2.05) is 36.4 Å². The molecule has 0 atom stereocenters. The van der Waals surface area contributed by atoms with E-state index in [0.29, 0.717) is 16.1 Å². The maximum Gasteiger partial charge on any atom is 0.307 e. The molecule has 2 N–H and O–H groups in total. The normalized spacial score (nSPS) is 11.4. The smallest absolute Gasteiger partial charge is 0.307 e.